The number of benzene rings is 2. The molecule has 0 aliphatic rings. The van der Waals surface area contributed by atoms with E-state index in [-0.39, 0.29) is 18.5 Å². The average Bonchev–Trinajstić information content (AvgIpc) is 3.21. The summed E-state index contributed by atoms with van der Waals surface area (Å²) in [5.41, 5.74) is 0.785. The van der Waals surface area contributed by atoms with Gasteiger partial charge in [0.25, 0.3) is 5.89 Å². The average molecular weight is 382 g/mol. The van der Waals surface area contributed by atoms with Gasteiger partial charge in [-0.1, -0.05) is 35.5 Å². The van der Waals surface area contributed by atoms with E-state index in [4.69, 9.17) is 18.7 Å². The topological polar surface area (TPSA) is 83.7 Å². The Labute approximate surface area is 163 Å². The summed E-state index contributed by atoms with van der Waals surface area (Å²) in [6.45, 7) is 3.52. The number of hydrogen-bond acceptors (Lipinski definition) is 7. The molecule has 0 saturated carbocycles. The lowest BCUT2D eigenvalue weighted by Crippen LogP contribution is -2.30. The summed E-state index contributed by atoms with van der Waals surface area (Å²) in [6, 6.07) is 14.8. The van der Waals surface area contributed by atoms with Crippen molar-refractivity contribution in [1.29, 1.82) is 0 Å². The zero-order valence-electron chi connectivity index (χ0n) is 16.3. The maximum Gasteiger partial charge on any atom is 0.316 e. The minimum atomic E-state index is -0.784. The molecule has 0 atom stereocenters. The second-order valence-electron chi connectivity index (χ2n) is 6.65. The van der Waals surface area contributed by atoms with E-state index < -0.39 is 5.41 Å². The summed E-state index contributed by atoms with van der Waals surface area (Å²) in [7, 11) is 3.12. The number of rotatable bonds is 7. The normalized spacial score (nSPS) is 11.1. The van der Waals surface area contributed by atoms with Gasteiger partial charge in [0.05, 0.1) is 19.6 Å². The van der Waals surface area contributed by atoms with Gasteiger partial charge in [-0.3, -0.25) is 4.79 Å². The molecule has 0 saturated heterocycles. The van der Waals surface area contributed by atoms with Crippen molar-refractivity contribution in [3.63, 3.8) is 0 Å². The predicted molar refractivity (Wildman–Crippen MR) is 102 cm³/mol. The number of nitrogens with zero attached hydrogens (tertiary/aromatic N) is 2. The van der Waals surface area contributed by atoms with Gasteiger partial charge in [-0.15, -0.1) is 0 Å². The minimum Gasteiger partial charge on any atom is -0.493 e. The van der Waals surface area contributed by atoms with E-state index in [0.717, 1.165) is 5.56 Å². The highest BCUT2D eigenvalue weighted by atomic mass is 16.6. The van der Waals surface area contributed by atoms with Crippen LogP contribution in [-0.2, 0) is 21.6 Å². The number of hydrogen-bond donors (Lipinski definition) is 0. The number of aromatic nitrogens is 2. The van der Waals surface area contributed by atoms with Crippen molar-refractivity contribution in [3.05, 3.63) is 60.0 Å². The van der Waals surface area contributed by atoms with Gasteiger partial charge in [-0.25, -0.2) is 0 Å². The fraction of sp³-hybridized carbons (Fsp3) is 0.286. The van der Waals surface area contributed by atoms with Crippen molar-refractivity contribution in [3.8, 4) is 22.9 Å². The van der Waals surface area contributed by atoms with Crippen LogP contribution in [0.5, 0.6) is 11.5 Å². The Balaban J connectivity index is 1.69. The smallest absolute Gasteiger partial charge is 0.316 e. The van der Waals surface area contributed by atoms with E-state index >= 15 is 0 Å². The van der Waals surface area contributed by atoms with E-state index in [0.29, 0.717) is 22.9 Å². The third-order valence-corrected chi connectivity index (χ3v) is 4.44. The van der Waals surface area contributed by atoms with Crippen LogP contribution >= 0.6 is 0 Å². The zero-order valence-corrected chi connectivity index (χ0v) is 16.3. The van der Waals surface area contributed by atoms with E-state index in [2.05, 4.69) is 10.1 Å². The molecule has 3 aromatic rings. The van der Waals surface area contributed by atoms with Crippen LogP contribution in [0.3, 0.4) is 0 Å². The number of methoxy groups -OCH3 is 2. The highest BCUT2D eigenvalue weighted by Crippen LogP contribution is 2.31. The molecule has 1 heterocycles. The second-order valence-corrected chi connectivity index (χ2v) is 6.65. The predicted octanol–water partition coefficient (Wildman–Crippen LogP) is 3.77. The maximum absolute atomic E-state index is 12.5. The Morgan fingerprint density at radius 1 is 1.04 bits per heavy atom. The third kappa shape index (κ3) is 3.98. The van der Waals surface area contributed by atoms with Gasteiger partial charge < -0.3 is 18.7 Å². The Hall–Kier alpha value is -3.35. The van der Waals surface area contributed by atoms with E-state index in [1.165, 1.54) is 0 Å². The van der Waals surface area contributed by atoms with Crippen LogP contribution in [0.2, 0.25) is 0 Å². The van der Waals surface area contributed by atoms with Gasteiger partial charge in [-0.2, -0.15) is 4.98 Å². The lowest BCUT2D eigenvalue weighted by molar-refractivity contribution is -0.151. The van der Waals surface area contributed by atoms with Crippen LogP contribution in [-0.4, -0.2) is 30.3 Å². The molecule has 0 bridgehead atoms. The van der Waals surface area contributed by atoms with Gasteiger partial charge >= 0.3 is 5.97 Å². The monoisotopic (exact) mass is 382 g/mol. The van der Waals surface area contributed by atoms with Gasteiger partial charge in [0, 0.05) is 5.56 Å². The minimum absolute atomic E-state index is 0.102. The molecule has 0 spiro atoms. The SMILES string of the molecule is COc1ccc(-c2noc(COC(=O)C(C)(C)c3ccccc3)n2)cc1OC. The van der Waals surface area contributed by atoms with Crippen LogP contribution in [0, 0.1) is 0 Å². The summed E-state index contributed by atoms with van der Waals surface area (Å²) in [6.07, 6.45) is 0. The van der Waals surface area contributed by atoms with Crippen LogP contribution < -0.4 is 9.47 Å². The zero-order chi connectivity index (χ0) is 20.1. The number of carbonyl (C=O) groups is 1. The van der Waals surface area contributed by atoms with Crippen molar-refractivity contribution in [2.45, 2.75) is 25.9 Å². The van der Waals surface area contributed by atoms with Crippen molar-refractivity contribution in [2.75, 3.05) is 14.2 Å². The first-order valence-corrected chi connectivity index (χ1v) is 8.73. The highest BCUT2D eigenvalue weighted by Gasteiger charge is 2.31. The summed E-state index contributed by atoms with van der Waals surface area (Å²) in [5, 5.41) is 3.94. The number of carbonyl (C=O) groups excluding carboxylic acids is 1. The first-order chi connectivity index (χ1) is 13.5. The van der Waals surface area contributed by atoms with Crippen molar-refractivity contribution in [2.24, 2.45) is 0 Å². The van der Waals surface area contributed by atoms with Gasteiger partial charge in [0.2, 0.25) is 5.82 Å². The second kappa shape index (κ2) is 8.12. The molecule has 0 aliphatic carbocycles. The molecule has 2 aromatic carbocycles. The largest absolute Gasteiger partial charge is 0.493 e. The number of ether oxygens (including phenoxy) is 3. The molecule has 0 amide bonds. The Morgan fingerprint density at radius 2 is 1.75 bits per heavy atom. The summed E-state index contributed by atoms with van der Waals surface area (Å²) >= 11 is 0. The molecule has 7 heteroatoms. The molecule has 0 fully saturated rings. The van der Waals surface area contributed by atoms with Crippen LogP contribution in [0.1, 0.15) is 25.3 Å². The standard InChI is InChI=1S/C21H22N2O5/c1-21(2,15-8-6-5-7-9-15)20(24)27-13-18-22-19(23-28-18)14-10-11-16(25-3)17(12-14)26-4/h5-12H,13H2,1-4H3. The Bertz CT molecular complexity index is 950. The van der Waals surface area contributed by atoms with Crippen molar-refractivity contribution < 1.29 is 23.5 Å². The summed E-state index contributed by atoms with van der Waals surface area (Å²) in [4.78, 5) is 16.8. The fourth-order valence-corrected chi connectivity index (χ4v) is 2.69. The fourth-order valence-electron chi connectivity index (χ4n) is 2.69. The molecule has 0 radical (unpaired) electrons. The van der Waals surface area contributed by atoms with E-state index in [1.807, 2.05) is 44.2 Å². The van der Waals surface area contributed by atoms with Gasteiger partial charge in [0.15, 0.2) is 18.1 Å². The van der Waals surface area contributed by atoms with Crippen molar-refractivity contribution in [1.82, 2.24) is 10.1 Å². The lowest BCUT2D eigenvalue weighted by atomic mass is 9.85. The maximum atomic E-state index is 12.5. The summed E-state index contributed by atoms with van der Waals surface area (Å²) < 4.78 is 21.1. The molecule has 0 unspecified atom stereocenters. The molecule has 3 rings (SSSR count). The molecule has 0 aliphatic heterocycles. The summed E-state index contributed by atoms with van der Waals surface area (Å²) in [5.74, 6) is 1.37. The molecule has 146 valence electrons. The third-order valence-electron chi connectivity index (χ3n) is 4.44. The van der Waals surface area contributed by atoms with Gasteiger partial charge in [0.1, 0.15) is 0 Å². The molecule has 28 heavy (non-hydrogen) atoms. The van der Waals surface area contributed by atoms with Crippen molar-refractivity contribution >= 4 is 5.97 Å². The Morgan fingerprint density at radius 3 is 2.43 bits per heavy atom. The highest BCUT2D eigenvalue weighted by molar-refractivity contribution is 5.82. The van der Waals surface area contributed by atoms with E-state index in [9.17, 15) is 4.79 Å². The van der Waals surface area contributed by atoms with Crippen LogP contribution in [0.15, 0.2) is 53.1 Å². The molecule has 7 nitrogen and oxygen atoms in total. The van der Waals surface area contributed by atoms with Gasteiger partial charge in [-0.05, 0) is 37.6 Å². The number of esters is 1. The molecule has 1 aromatic heterocycles. The first kappa shape index (κ1) is 19.4. The molecular formula is C21H22N2O5. The lowest BCUT2D eigenvalue weighted by Gasteiger charge is -2.22. The Kier molecular flexibility index (Phi) is 5.63. The molecular weight excluding hydrogens is 360 g/mol. The molecule has 0 N–H and O–H groups in total. The quantitative estimate of drug-likeness (QED) is 0.575. The van der Waals surface area contributed by atoms with Crippen LogP contribution in [0.25, 0.3) is 11.4 Å². The first-order valence-electron chi connectivity index (χ1n) is 8.73. The van der Waals surface area contributed by atoms with E-state index in [1.54, 1.807) is 32.4 Å². The van der Waals surface area contributed by atoms with Crippen LogP contribution in [0.4, 0.5) is 0 Å².